The minimum Gasteiger partial charge on any atom is -0.490 e. The Labute approximate surface area is 207 Å². The van der Waals surface area contributed by atoms with Crippen molar-refractivity contribution in [1.82, 2.24) is 5.43 Å². The third-order valence-corrected chi connectivity index (χ3v) is 5.80. The third kappa shape index (κ3) is 7.23. The van der Waals surface area contributed by atoms with Crippen molar-refractivity contribution in [2.45, 2.75) is 27.4 Å². The Balaban J connectivity index is 1.65. The van der Waals surface area contributed by atoms with Gasteiger partial charge in [-0.3, -0.25) is 0 Å². The van der Waals surface area contributed by atoms with Gasteiger partial charge in [0, 0.05) is 10.2 Å². The van der Waals surface area contributed by atoms with Gasteiger partial charge in [0.1, 0.15) is 6.61 Å². The topological polar surface area (TPSA) is 72.0 Å². The highest BCUT2D eigenvalue weighted by Gasteiger charge is 2.13. The van der Waals surface area contributed by atoms with Gasteiger partial charge >= 0.3 is 6.03 Å². The molecule has 0 saturated heterocycles. The average Bonchev–Trinajstić information content (AvgIpc) is 2.77. The number of ether oxygens (including phenoxy) is 2. The molecule has 0 aliphatic carbocycles. The molecular weight excluding hydrogens is 506 g/mol. The highest BCUT2D eigenvalue weighted by Crippen LogP contribution is 2.37. The van der Waals surface area contributed by atoms with E-state index < -0.39 is 6.03 Å². The van der Waals surface area contributed by atoms with Crippen molar-refractivity contribution in [1.29, 1.82) is 0 Å². The zero-order valence-electron chi connectivity index (χ0n) is 18.6. The molecule has 3 aromatic carbocycles. The van der Waals surface area contributed by atoms with Crippen molar-refractivity contribution in [3.63, 3.8) is 0 Å². The molecule has 2 amide bonds. The van der Waals surface area contributed by atoms with Gasteiger partial charge in [0.15, 0.2) is 11.5 Å². The standard InChI is InChI=1S/C25H25BrClN3O3/c1-4-32-23-13-19(12-22(27)24(23)33-15-18-7-5-16(2)6-8-18)14-28-30-25(31)29-20-9-10-21(26)17(3)11-20/h5-14H,4,15H2,1-3H3,(H2,29,30,31)/b28-14+. The first kappa shape index (κ1) is 24.6. The summed E-state index contributed by atoms with van der Waals surface area (Å²) in [6, 6.07) is 16.6. The van der Waals surface area contributed by atoms with E-state index in [1.54, 1.807) is 18.2 Å². The molecule has 0 spiro atoms. The summed E-state index contributed by atoms with van der Waals surface area (Å²) in [7, 11) is 0. The Morgan fingerprint density at radius 1 is 1.09 bits per heavy atom. The predicted octanol–water partition coefficient (Wildman–Crippen LogP) is 6.85. The first-order chi connectivity index (χ1) is 15.9. The van der Waals surface area contributed by atoms with E-state index in [9.17, 15) is 4.79 Å². The maximum absolute atomic E-state index is 12.1. The number of halogens is 2. The molecule has 0 aliphatic heterocycles. The van der Waals surface area contributed by atoms with E-state index in [-0.39, 0.29) is 0 Å². The molecule has 2 N–H and O–H groups in total. The molecule has 8 heteroatoms. The molecule has 0 heterocycles. The second kappa shape index (κ2) is 11.7. The summed E-state index contributed by atoms with van der Waals surface area (Å²) < 4.78 is 12.6. The summed E-state index contributed by atoms with van der Waals surface area (Å²) in [5.74, 6) is 0.973. The zero-order valence-corrected chi connectivity index (χ0v) is 21.0. The first-order valence-corrected chi connectivity index (χ1v) is 11.5. The SMILES string of the molecule is CCOc1cc(/C=N/NC(=O)Nc2ccc(Br)c(C)c2)cc(Cl)c1OCc1ccc(C)cc1. The number of hydrogen-bond acceptors (Lipinski definition) is 4. The maximum atomic E-state index is 12.1. The van der Waals surface area contributed by atoms with Gasteiger partial charge in [0.05, 0.1) is 17.8 Å². The lowest BCUT2D eigenvalue weighted by atomic mass is 10.1. The zero-order chi connectivity index (χ0) is 23.8. The number of carbonyl (C=O) groups excluding carboxylic acids is 1. The van der Waals surface area contributed by atoms with Gasteiger partial charge < -0.3 is 14.8 Å². The first-order valence-electron chi connectivity index (χ1n) is 10.4. The monoisotopic (exact) mass is 529 g/mol. The van der Waals surface area contributed by atoms with Crippen LogP contribution in [0.4, 0.5) is 10.5 Å². The summed E-state index contributed by atoms with van der Waals surface area (Å²) in [6.07, 6.45) is 1.49. The van der Waals surface area contributed by atoms with Gasteiger partial charge in [-0.1, -0.05) is 57.4 Å². The molecule has 33 heavy (non-hydrogen) atoms. The van der Waals surface area contributed by atoms with Crippen molar-refractivity contribution < 1.29 is 14.3 Å². The molecule has 0 aliphatic rings. The van der Waals surface area contributed by atoms with Crippen LogP contribution in [0.15, 0.2) is 64.2 Å². The van der Waals surface area contributed by atoms with Crippen LogP contribution in [-0.2, 0) is 6.61 Å². The second-order valence-corrected chi connectivity index (χ2v) is 8.59. The number of hydrogen-bond donors (Lipinski definition) is 2. The molecule has 0 aromatic heterocycles. The molecule has 6 nitrogen and oxygen atoms in total. The summed E-state index contributed by atoms with van der Waals surface area (Å²) in [5, 5.41) is 7.12. The summed E-state index contributed by atoms with van der Waals surface area (Å²) in [4.78, 5) is 12.1. The highest BCUT2D eigenvalue weighted by molar-refractivity contribution is 9.10. The van der Waals surface area contributed by atoms with Crippen LogP contribution in [0, 0.1) is 13.8 Å². The Kier molecular flexibility index (Phi) is 8.74. The van der Waals surface area contributed by atoms with Crippen molar-refractivity contribution in [3.8, 4) is 11.5 Å². The molecule has 0 fully saturated rings. The van der Waals surface area contributed by atoms with Crippen LogP contribution < -0.4 is 20.2 Å². The van der Waals surface area contributed by atoms with E-state index in [4.69, 9.17) is 21.1 Å². The number of rotatable bonds is 8. The number of amides is 2. The van der Waals surface area contributed by atoms with E-state index in [0.29, 0.717) is 41.0 Å². The van der Waals surface area contributed by atoms with Crippen LogP contribution in [0.3, 0.4) is 0 Å². The lowest BCUT2D eigenvalue weighted by Crippen LogP contribution is -2.24. The molecule has 3 aromatic rings. The summed E-state index contributed by atoms with van der Waals surface area (Å²) in [5.41, 5.74) is 6.99. The van der Waals surface area contributed by atoms with E-state index >= 15 is 0 Å². The van der Waals surface area contributed by atoms with E-state index in [0.717, 1.165) is 15.6 Å². The van der Waals surface area contributed by atoms with Crippen LogP contribution in [0.25, 0.3) is 0 Å². The number of aryl methyl sites for hydroxylation is 2. The Morgan fingerprint density at radius 3 is 2.55 bits per heavy atom. The number of benzene rings is 3. The molecule has 0 unspecified atom stereocenters. The lowest BCUT2D eigenvalue weighted by Gasteiger charge is -2.14. The van der Waals surface area contributed by atoms with Crippen molar-refractivity contribution in [3.05, 3.63) is 86.3 Å². The summed E-state index contributed by atoms with van der Waals surface area (Å²) in [6.45, 7) is 6.68. The van der Waals surface area contributed by atoms with Crippen LogP contribution in [0.2, 0.25) is 5.02 Å². The molecule has 0 bridgehead atoms. The largest absolute Gasteiger partial charge is 0.490 e. The van der Waals surface area contributed by atoms with Gasteiger partial charge in [-0.05, 0) is 67.8 Å². The lowest BCUT2D eigenvalue weighted by molar-refractivity contribution is 0.252. The minimum absolute atomic E-state index is 0.366. The molecular formula is C25H25BrClN3O3. The van der Waals surface area contributed by atoms with Crippen molar-refractivity contribution in [2.75, 3.05) is 11.9 Å². The summed E-state index contributed by atoms with van der Waals surface area (Å²) >= 11 is 9.90. The quantitative estimate of drug-likeness (QED) is 0.247. The third-order valence-electron chi connectivity index (χ3n) is 4.63. The van der Waals surface area contributed by atoms with E-state index in [1.807, 2.05) is 57.2 Å². The Bertz CT molecular complexity index is 1150. The van der Waals surface area contributed by atoms with Gasteiger partial charge in [-0.15, -0.1) is 0 Å². The Morgan fingerprint density at radius 2 is 1.85 bits per heavy atom. The predicted molar refractivity (Wildman–Crippen MR) is 137 cm³/mol. The van der Waals surface area contributed by atoms with Crippen molar-refractivity contribution >= 4 is 45.5 Å². The van der Waals surface area contributed by atoms with E-state index in [1.165, 1.54) is 11.8 Å². The number of anilines is 1. The molecule has 0 atom stereocenters. The number of nitrogens with one attached hydrogen (secondary N) is 2. The van der Waals surface area contributed by atoms with Gasteiger partial charge in [-0.2, -0.15) is 5.10 Å². The number of urea groups is 1. The molecule has 3 rings (SSSR count). The van der Waals surface area contributed by atoms with Crippen LogP contribution >= 0.6 is 27.5 Å². The van der Waals surface area contributed by atoms with Crippen molar-refractivity contribution in [2.24, 2.45) is 5.10 Å². The average molecular weight is 531 g/mol. The normalized spacial score (nSPS) is 10.8. The van der Waals surface area contributed by atoms with Gasteiger partial charge in [0.2, 0.25) is 0 Å². The maximum Gasteiger partial charge on any atom is 0.339 e. The van der Waals surface area contributed by atoms with Crippen LogP contribution in [-0.4, -0.2) is 18.9 Å². The number of hydrazone groups is 1. The fourth-order valence-corrected chi connectivity index (χ4v) is 3.47. The molecule has 0 radical (unpaired) electrons. The number of nitrogens with zero attached hydrogens (tertiary/aromatic N) is 1. The number of carbonyl (C=O) groups is 1. The minimum atomic E-state index is -0.456. The fraction of sp³-hybridized carbons (Fsp3) is 0.200. The highest BCUT2D eigenvalue weighted by atomic mass is 79.9. The molecule has 172 valence electrons. The van der Waals surface area contributed by atoms with E-state index in [2.05, 4.69) is 31.8 Å². The fourth-order valence-electron chi connectivity index (χ4n) is 2.95. The van der Waals surface area contributed by atoms with Crippen LogP contribution in [0.1, 0.15) is 29.2 Å². The Hall–Kier alpha value is -3.03. The second-order valence-electron chi connectivity index (χ2n) is 7.33. The molecule has 0 saturated carbocycles. The van der Waals surface area contributed by atoms with Gasteiger partial charge in [0.25, 0.3) is 0 Å². The smallest absolute Gasteiger partial charge is 0.339 e. The van der Waals surface area contributed by atoms with Crippen LogP contribution in [0.5, 0.6) is 11.5 Å². The van der Waals surface area contributed by atoms with Gasteiger partial charge in [-0.25, -0.2) is 10.2 Å².